The van der Waals surface area contributed by atoms with Crippen molar-refractivity contribution in [2.24, 2.45) is 4.99 Å². The first-order chi connectivity index (χ1) is 9.75. The molecule has 5 nitrogen and oxygen atoms in total. The summed E-state index contributed by atoms with van der Waals surface area (Å²) in [5, 5.41) is 9.01. The summed E-state index contributed by atoms with van der Waals surface area (Å²) in [6.07, 6.45) is 0.970. The van der Waals surface area contributed by atoms with Crippen molar-refractivity contribution in [3.8, 4) is 0 Å². The van der Waals surface area contributed by atoms with E-state index in [2.05, 4.69) is 22.0 Å². The van der Waals surface area contributed by atoms with E-state index >= 15 is 0 Å². The molecule has 0 saturated carbocycles. The molecule has 3 rings (SSSR count). The van der Waals surface area contributed by atoms with Crippen LogP contribution in [0.3, 0.4) is 0 Å². The van der Waals surface area contributed by atoms with Crippen molar-refractivity contribution in [1.29, 1.82) is 0 Å². The number of benzene rings is 1. The van der Waals surface area contributed by atoms with Crippen LogP contribution in [0.5, 0.6) is 0 Å². The second-order valence-corrected chi connectivity index (χ2v) is 5.27. The maximum Gasteiger partial charge on any atom is 0.407 e. The Kier molecular flexibility index (Phi) is 3.58. The Hall–Kier alpha value is -2.04. The fourth-order valence-electron chi connectivity index (χ4n) is 3.03. The number of rotatable bonds is 2. The molecule has 0 unspecified atom stereocenters. The minimum absolute atomic E-state index is 0.409. The zero-order chi connectivity index (χ0) is 13.9. The van der Waals surface area contributed by atoms with Gasteiger partial charge in [0.05, 0.1) is 6.54 Å². The van der Waals surface area contributed by atoms with Crippen molar-refractivity contribution >= 4 is 11.9 Å². The Morgan fingerprint density at radius 2 is 1.85 bits per heavy atom. The zero-order valence-corrected chi connectivity index (χ0v) is 11.4. The molecule has 1 saturated heterocycles. The normalized spacial score (nSPS) is 20.1. The van der Waals surface area contributed by atoms with E-state index in [1.165, 1.54) is 4.90 Å². The van der Waals surface area contributed by atoms with Crippen molar-refractivity contribution in [3.63, 3.8) is 0 Å². The smallest absolute Gasteiger partial charge is 0.407 e. The zero-order valence-electron chi connectivity index (χ0n) is 11.4. The van der Waals surface area contributed by atoms with Crippen LogP contribution in [-0.4, -0.2) is 59.1 Å². The highest BCUT2D eigenvalue weighted by Crippen LogP contribution is 2.22. The number of piperidine rings is 1. The number of nitrogens with zero attached hydrogens (tertiary/aromatic N) is 3. The molecule has 1 fully saturated rings. The van der Waals surface area contributed by atoms with E-state index in [0.717, 1.165) is 37.3 Å². The van der Waals surface area contributed by atoms with E-state index in [1.54, 1.807) is 0 Å². The van der Waals surface area contributed by atoms with Crippen LogP contribution in [0.25, 0.3) is 0 Å². The summed E-state index contributed by atoms with van der Waals surface area (Å²) < 4.78 is 0. The first-order valence-electron chi connectivity index (χ1n) is 7.10. The Morgan fingerprint density at radius 3 is 2.50 bits per heavy atom. The number of amidine groups is 1. The topological polar surface area (TPSA) is 56.1 Å². The third-order valence-electron chi connectivity index (χ3n) is 4.08. The van der Waals surface area contributed by atoms with Crippen molar-refractivity contribution in [1.82, 2.24) is 9.80 Å². The lowest BCUT2D eigenvalue weighted by atomic mass is 10.0. The molecule has 106 valence electrons. The number of hydrogen-bond acceptors (Lipinski definition) is 3. The van der Waals surface area contributed by atoms with Gasteiger partial charge >= 0.3 is 6.09 Å². The van der Waals surface area contributed by atoms with Crippen molar-refractivity contribution < 1.29 is 9.90 Å². The minimum Gasteiger partial charge on any atom is -0.465 e. The van der Waals surface area contributed by atoms with Gasteiger partial charge in [0, 0.05) is 31.2 Å². The first-order valence-corrected chi connectivity index (χ1v) is 7.10. The third-order valence-corrected chi connectivity index (χ3v) is 4.08. The molecule has 2 aliphatic heterocycles. The molecule has 1 amide bonds. The van der Waals surface area contributed by atoms with Gasteiger partial charge in [0.2, 0.25) is 0 Å². The standard InChI is InChI=1S/C15H19N3O2/c19-15(20)17-9-6-13(7-10-17)18-11-8-16-14(18)12-4-2-1-3-5-12/h1-5,13H,6-11H2,(H,19,20). The summed E-state index contributed by atoms with van der Waals surface area (Å²) in [6.45, 7) is 3.03. The molecule has 0 aromatic heterocycles. The van der Waals surface area contributed by atoms with E-state index in [9.17, 15) is 4.79 Å². The summed E-state index contributed by atoms with van der Waals surface area (Å²) >= 11 is 0. The highest BCUT2D eigenvalue weighted by atomic mass is 16.4. The molecule has 0 bridgehead atoms. The highest BCUT2D eigenvalue weighted by Gasteiger charge is 2.30. The quantitative estimate of drug-likeness (QED) is 0.895. The lowest BCUT2D eigenvalue weighted by molar-refractivity contribution is 0.118. The van der Waals surface area contributed by atoms with E-state index in [4.69, 9.17) is 5.11 Å². The first kappa shape index (κ1) is 13.0. The van der Waals surface area contributed by atoms with Crippen molar-refractivity contribution in [2.75, 3.05) is 26.2 Å². The van der Waals surface area contributed by atoms with Crippen LogP contribution < -0.4 is 0 Å². The van der Waals surface area contributed by atoms with Gasteiger partial charge in [0.1, 0.15) is 5.84 Å². The SMILES string of the molecule is O=C(O)N1CCC(N2CCN=C2c2ccccc2)CC1. The number of hydrogen-bond donors (Lipinski definition) is 1. The maximum atomic E-state index is 11.0. The molecule has 2 aliphatic rings. The van der Waals surface area contributed by atoms with Crippen LogP contribution in [0.2, 0.25) is 0 Å². The molecule has 1 aromatic carbocycles. The van der Waals surface area contributed by atoms with Gasteiger partial charge in [0.15, 0.2) is 0 Å². The van der Waals surface area contributed by atoms with Gasteiger partial charge < -0.3 is 14.9 Å². The monoisotopic (exact) mass is 273 g/mol. The van der Waals surface area contributed by atoms with Crippen LogP contribution >= 0.6 is 0 Å². The van der Waals surface area contributed by atoms with Gasteiger partial charge in [-0.1, -0.05) is 30.3 Å². The van der Waals surface area contributed by atoms with Gasteiger partial charge in [-0.15, -0.1) is 0 Å². The van der Waals surface area contributed by atoms with Crippen LogP contribution in [0.15, 0.2) is 35.3 Å². The number of amides is 1. The minimum atomic E-state index is -0.804. The molecule has 0 atom stereocenters. The Labute approximate surface area is 118 Å². The molecular weight excluding hydrogens is 254 g/mol. The van der Waals surface area contributed by atoms with Crippen LogP contribution in [0, 0.1) is 0 Å². The largest absolute Gasteiger partial charge is 0.465 e. The van der Waals surface area contributed by atoms with Crippen LogP contribution in [0.1, 0.15) is 18.4 Å². The predicted octanol–water partition coefficient (Wildman–Crippen LogP) is 1.89. The number of likely N-dealkylation sites (tertiary alicyclic amines) is 1. The maximum absolute atomic E-state index is 11.0. The van der Waals surface area contributed by atoms with Crippen LogP contribution in [-0.2, 0) is 0 Å². The molecule has 0 spiro atoms. The number of aliphatic imine (C=N–C) groups is 1. The number of carbonyl (C=O) groups is 1. The van der Waals surface area contributed by atoms with E-state index < -0.39 is 6.09 Å². The molecule has 2 heterocycles. The van der Waals surface area contributed by atoms with Gasteiger partial charge in [-0.3, -0.25) is 4.99 Å². The summed E-state index contributed by atoms with van der Waals surface area (Å²) in [7, 11) is 0. The molecular formula is C15H19N3O2. The van der Waals surface area contributed by atoms with Crippen molar-refractivity contribution in [2.45, 2.75) is 18.9 Å². The van der Waals surface area contributed by atoms with E-state index in [-0.39, 0.29) is 0 Å². The summed E-state index contributed by atoms with van der Waals surface area (Å²) in [5.74, 6) is 1.07. The van der Waals surface area contributed by atoms with Crippen molar-refractivity contribution in [3.05, 3.63) is 35.9 Å². The Bertz CT molecular complexity index is 507. The van der Waals surface area contributed by atoms with Gasteiger partial charge in [0.25, 0.3) is 0 Å². The van der Waals surface area contributed by atoms with Gasteiger partial charge in [-0.25, -0.2) is 4.79 Å². The highest BCUT2D eigenvalue weighted by molar-refractivity contribution is 5.99. The lowest BCUT2D eigenvalue weighted by Gasteiger charge is -2.37. The fourth-order valence-corrected chi connectivity index (χ4v) is 3.03. The predicted molar refractivity (Wildman–Crippen MR) is 77.2 cm³/mol. The van der Waals surface area contributed by atoms with E-state index in [1.807, 2.05) is 18.2 Å². The summed E-state index contributed by atoms with van der Waals surface area (Å²) in [4.78, 5) is 19.4. The molecule has 0 aliphatic carbocycles. The molecule has 20 heavy (non-hydrogen) atoms. The molecule has 1 aromatic rings. The lowest BCUT2D eigenvalue weighted by Crippen LogP contribution is -2.47. The fraction of sp³-hybridized carbons (Fsp3) is 0.467. The average molecular weight is 273 g/mol. The van der Waals surface area contributed by atoms with E-state index in [0.29, 0.717) is 19.1 Å². The molecule has 5 heteroatoms. The summed E-state index contributed by atoms with van der Waals surface area (Å²) in [6, 6.07) is 10.6. The van der Waals surface area contributed by atoms with Gasteiger partial charge in [-0.05, 0) is 12.8 Å². The number of carboxylic acid groups (broad SMARTS) is 1. The third kappa shape index (κ3) is 2.48. The second-order valence-electron chi connectivity index (χ2n) is 5.27. The van der Waals surface area contributed by atoms with Gasteiger partial charge in [-0.2, -0.15) is 0 Å². The molecule has 1 N–H and O–H groups in total. The second kappa shape index (κ2) is 5.53. The van der Waals surface area contributed by atoms with Crippen LogP contribution in [0.4, 0.5) is 4.79 Å². The Balaban J connectivity index is 1.69. The summed E-state index contributed by atoms with van der Waals surface area (Å²) in [5.41, 5.74) is 1.16. The Morgan fingerprint density at radius 1 is 1.15 bits per heavy atom. The average Bonchev–Trinajstić information content (AvgIpc) is 2.97. The molecule has 0 radical (unpaired) electrons.